The molecule has 0 aliphatic heterocycles. The molecule has 3 aromatic carbocycles. The van der Waals surface area contributed by atoms with Crippen LogP contribution in [0.2, 0.25) is 0 Å². The predicted octanol–water partition coefficient (Wildman–Crippen LogP) is 5.73. The van der Waals surface area contributed by atoms with Crippen molar-refractivity contribution in [2.45, 2.75) is 26.3 Å². The first-order valence-corrected chi connectivity index (χ1v) is 10.6. The van der Waals surface area contributed by atoms with E-state index >= 15 is 0 Å². The van der Waals surface area contributed by atoms with E-state index in [1.165, 1.54) is 11.1 Å². The van der Waals surface area contributed by atoms with Crippen LogP contribution < -0.4 is 14.8 Å². The minimum absolute atomic E-state index is 0.567. The van der Waals surface area contributed by atoms with Crippen molar-refractivity contribution in [2.75, 3.05) is 31.7 Å². The van der Waals surface area contributed by atoms with Crippen LogP contribution in [0.4, 0.5) is 5.69 Å². The maximum Gasteiger partial charge on any atom is 0.119 e. The molecule has 0 spiro atoms. The smallest absolute Gasteiger partial charge is 0.119 e. The zero-order valence-corrected chi connectivity index (χ0v) is 17.7. The van der Waals surface area contributed by atoms with Crippen LogP contribution in [0.3, 0.4) is 0 Å². The number of rotatable bonds is 13. The van der Waals surface area contributed by atoms with Crippen LogP contribution in [-0.4, -0.2) is 26.4 Å². The van der Waals surface area contributed by atoms with Gasteiger partial charge in [-0.15, -0.1) is 0 Å². The van der Waals surface area contributed by atoms with Crippen molar-refractivity contribution in [3.8, 4) is 11.5 Å². The van der Waals surface area contributed by atoms with Crippen molar-refractivity contribution in [3.63, 3.8) is 0 Å². The maximum atomic E-state index is 5.86. The van der Waals surface area contributed by atoms with Gasteiger partial charge in [0.1, 0.15) is 18.1 Å². The Hall–Kier alpha value is -2.98. The van der Waals surface area contributed by atoms with E-state index in [0.717, 1.165) is 43.2 Å². The van der Waals surface area contributed by atoms with Crippen molar-refractivity contribution in [3.05, 3.63) is 90.0 Å². The molecule has 158 valence electrons. The molecule has 0 aromatic heterocycles. The molecule has 0 aliphatic carbocycles. The average Bonchev–Trinajstić information content (AvgIpc) is 2.80. The van der Waals surface area contributed by atoms with Crippen LogP contribution in [0.1, 0.15) is 24.5 Å². The molecule has 0 radical (unpaired) electrons. The van der Waals surface area contributed by atoms with E-state index in [2.05, 4.69) is 53.8 Å². The number of anilines is 1. The van der Waals surface area contributed by atoms with Gasteiger partial charge in [-0.3, -0.25) is 0 Å². The molecule has 4 nitrogen and oxygen atoms in total. The van der Waals surface area contributed by atoms with Gasteiger partial charge < -0.3 is 19.5 Å². The van der Waals surface area contributed by atoms with Gasteiger partial charge in [-0.2, -0.15) is 0 Å². The summed E-state index contributed by atoms with van der Waals surface area (Å²) in [6.45, 7) is 5.33. The van der Waals surface area contributed by atoms with Crippen LogP contribution in [0, 0.1) is 0 Å². The summed E-state index contributed by atoms with van der Waals surface area (Å²) in [5.74, 6) is 1.77. The van der Waals surface area contributed by atoms with Crippen molar-refractivity contribution in [1.82, 2.24) is 0 Å². The third kappa shape index (κ3) is 7.80. The van der Waals surface area contributed by atoms with Gasteiger partial charge in [0.25, 0.3) is 0 Å². The first-order chi connectivity index (χ1) is 14.8. The van der Waals surface area contributed by atoms with Crippen LogP contribution in [0.15, 0.2) is 78.9 Å². The molecular formula is C26H31NO3. The van der Waals surface area contributed by atoms with E-state index in [1.807, 2.05) is 37.3 Å². The fourth-order valence-electron chi connectivity index (χ4n) is 3.09. The number of nitrogens with one attached hydrogen (secondary N) is 1. The van der Waals surface area contributed by atoms with Gasteiger partial charge in [0.2, 0.25) is 0 Å². The number of aryl methyl sites for hydroxylation is 1. The third-order valence-electron chi connectivity index (χ3n) is 4.67. The predicted molar refractivity (Wildman–Crippen MR) is 122 cm³/mol. The second-order valence-electron chi connectivity index (χ2n) is 7.01. The lowest BCUT2D eigenvalue weighted by atomic mass is 10.1. The standard InChI is InChI=1S/C26H31NO3/c1-2-28-18-19-30-26-12-6-10-23(20-26)21-27-24-13-15-25(16-14-24)29-17-7-11-22-8-4-3-5-9-22/h3-6,8-10,12-16,20,27H,2,7,11,17-19,21H2,1H3. The highest BCUT2D eigenvalue weighted by Crippen LogP contribution is 2.18. The molecule has 0 saturated heterocycles. The Kier molecular flexibility index (Phi) is 9.09. The summed E-state index contributed by atoms with van der Waals surface area (Å²) in [5, 5.41) is 3.44. The van der Waals surface area contributed by atoms with Crippen LogP contribution in [0.5, 0.6) is 11.5 Å². The molecular weight excluding hydrogens is 374 g/mol. The SMILES string of the molecule is CCOCCOc1cccc(CNc2ccc(OCCCc3ccccc3)cc2)c1. The first-order valence-electron chi connectivity index (χ1n) is 10.6. The second kappa shape index (κ2) is 12.6. The van der Waals surface area contributed by atoms with E-state index in [-0.39, 0.29) is 0 Å². The molecule has 0 saturated carbocycles. The van der Waals surface area contributed by atoms with Gasteiger partial charge in [-0.25, -0.2) is 0 Å². The Bertz CT molecular complexity index is 850. The number of hydrogen-bond donors (Lipinski definition) is 1. The molecule has 0 amide bonds. The molecule has 0 bridgehead atoms. The summed E-state index contributed by atoms with van der Waals surface area (Å²) in [5.41, 5.74) is 3.59. The zero-order chi connectivity index (χ0) is 20.9. The summed E-state index contributed by atoms with van der Waals surface area (Å²) < 4.78 is 16.9. The molecule has 0 heterocycles. The Morgan fingerprint density at radius 3 is 2.27 bits per heavy atom. The molecule has 3 rings (SSSR count). The molecule has 1 N–H and O–H groups in total. The fourth-order valence-corrected chi connectivity index (χ4v) is 3.09. The van der Waals surface area contributed by atoms with Gasteiger partial charge in [0.05, 0.1) is 13.2 Å². The quantitative estimate of drug-likeness (QED) is 0.369. The van der Waals surface area contributed by atoms with Gasteiger partial charge in [0.15, 0.2) is 0 Å². The number of ether oxygens (including phenoxy) is 3. The first kappa shape index (κ1) is 21.7. The van der Waals surface area contributed by atoms with Crippen molar-refractivity contribution >= 4 is 5.69 Å². The largest absolute Gasteiger partial charge is 0.494 e. The molecule has 0 aliphatic rings. The fraction of sp³-hybridized carbons (Fsp3) is 0.308. The summed E-state index contributed by atoms with van der Waals surface area (Å²) in [6.07, 6.45) is 2.04. The van der Waals surface area contributed by atoms with E-state index in [4.69, 9.17) is 14.2 Å². The Labute approximate surface area is 179 Å². The second-order valence-corrected chi connectivity index (χ2v) is 7.01. The van der Waals surface area contributed by atoms with Crippen molar-refractivity contribution in [1.29, 1.82) is 0 Å². The van der Waals surface area contributed by atoms with Gasteiger partial charge in [-0.05, 0) is 67.3 Å². The molecule has 3 aromatic rings. The number of hydrogen-bond acceptors (Lipinski definition) is 4. The van der Waals surface area contributed by atoms with Gasteiger partial charge in [-0.1, -0.05) is 42.5 Å². The van der Waals surface area contributed by atoms with E-state index in [0.29, 0.717) is 19.8 Å². The highest BCUT2D eigenvalue weighted by atomic mass is 16.5. The summed E-state index contributed by atoms with van der Waals surface area (Å²) in [6, 6.07) is 26.8. The highest BCUT2D eigenvalue weighted by Gasteiger charge is 2.00. The lowest BCUT2D eigenvalue weighted by Crippen LogP contribution is -2.06. The summed E-state index contributed by atoms with van der Waals surface area (Å²) in [4.78, 5) is 0. The van der Waals surface area contributed by atoms with E-state index < -0.39 is 0 Å². The normalized spacial score (nSPS) is 10.6. The van der Waals surface area contributed by atoms with Crippen molar-refractivity contribution in [2.24, 2.45) is 0 Å². The minimum Gasteiger partial charge on any atom is -0.494 e. The average molecular weight is 406 g/mol. The highest BCUT2D eigenvalue weighted by molar-refractivity contribution is 5.47. The zero-order valence-electron chi connectivity index (χ0n) is 17.7. The summed E-state index contributed by atoms with van der Waals surface area (Å²) in [7, 11) is 0. The Balaban J connectivity index is 1.38. The maximum absolute atomic E-state index is 5.86. The molecule has 30 heavy (non-hydrogen) atoms. The molecule has 0 atom stereocenters. The minimum atomic E-state index is 0.567. The molecule has 4 heteroatoms. The Morgan fingerprint density at radius 2 is 1.47 bits per heavy atom. The lowest BCUT2D eigenvalue weighted by molar-refractivity contribution is 0.110. The van der Waals surface area contributed by atoms with E-state index in [9.17, 15) is 0 Å². The Morgan fingerprint density at radius 1 is 0.700 bits per heavy atom. The number of benzene rings is 3. The van der Waals surface area contributed by atoms with Gasteiger partial charge >= 0.3 is 0 Å². The topological polar surface area (TPSA) is 39.7 Å². The summed E-state index contributed by atoms with van der Waals surface area (Å²) >= 11 is 0. The molecule has 0 unspecified atom stereocenters. The van der Waals surface area contributed by atoms with E-state index in [1.54, 1.807) is 0 Å². The van der Waals surface area contributed by atoms with Crippen LogP contribution >= 0.6 is 0 Å². The van der Waals surface area contributed by atoms with Crippen molar-refractivity contribution < 1.29 is 14.2 Å². The monoisotopic (exact) mass is 405 g/mol. The van der Waals surface area contributed by atoms with Crippen LogP contribution in [-0.2, 0) is 17.7 Å². The lowest BCUT2D eigenvalue weighted by Gasteiger charge is -2.11. The third-order valence-corrected chi connectivity index (χ3v) is 4.67. The molecule has 0 fully saturated rings. The van der Waals surface area contributed by atoms with Crippen LogP contribution in [0.25, 0.3) is 0 Å². The van der Waals surface area contributed by atoms with Gasteiger partial charge in [0, 0.05) is 18.8 Å².